The molecule has 0 saturated carbocycles. The zero-order valence-electron chi connectivity index (χ0n) is 12.8. The van der Waals surface area contributed by atoms with Gasteiger partial charge in [-0.1, -0.05) is 6.07 Å². The lowest BCUT2D eigenvalue weighted by Gasteiger charge is -2.22. The van der Waals surface area contributed by atoms with Crippen molar-refractivity contribution in [2.24, 2.45) is 0 Å². The fourth-order valence-corrected chi connectivity index (χ4v) is 3.84. The van der Waals surface area contributed by atoms with Crippen LogP contribution in [0.3, 0.4) is 0 Å². The first-order chi connectivity index (χ1) is 11.9. The lowest BCUT2D eigenvalue weighted by Crippen LogP contribution is -2.39. The summed E-state index contributed by atoms with van der Waals surface area (Å²) >= 11 is 2.88. The molecular formula is C16H13F3N2O2S2. The number of thiazole rings is 1. The molecule has 0 aliphatic carbocycles. The molecule has 3 aromatic heterocycles. The number of alkyl halides is 3. The van der Waals surface area contributed by atoms with Crippen molar-refractivity contribution >= 4 is 28.6 Å². The summed E-state index contributed by atoms with van der Waals surface area (Å²) in [4.78, 5) is 18.4. The second-order valence-corrected chi connectivity index (χ2v) is 7.05. The lowest BCUT2D eigenvalue weighted by molar-refractivity contribution is -0.162. The van der Waals surface area contributed by atoms with Crippen molar-refractivity contribution in [3.8, 4) is 9.88 Å². The van der Waals surface area contributed by atoms with Gasteiger partial charge < -0.3 is 9.32 Å². The van der Waals surface area contributed by atoms with E-state index in [9.17, 15) is 18.0 Å². The van der Waals surface area contributed by atoms with E-state index in [0.717, 1.165) is 14.8 Å². The van der Waals surface area contributed by atoms with Gasteiger partial charge in [0, 0.05) is 5.38 Å². The number of thiophene rings is 1. The number of hydrogen-bond acceptors (Lipinski definition) is 5. The van der Waals surface area contributed by atoms with Crippen LogP contribution in [0.25, 0.3) is 9.88 Å². The molecule has 0 radical (unpaired) electrons. The molecule has 0 bridgehead atoms. The summed E-state index contributed by atoms with van der Waals surface area (Å²) in [5.41, 5.74) is 0.463. The smallest absolute Gasteiger partial charge is 0.406 e. The molecule has 25 heavy (non-hydrogen) atoms. The molecule has 3 heterocycles. The Bertz CT molecular complexity index is 811. The van der Waals surface area contributed by atoms with Gasteiger partial charge in [-0.2, -0.15) is 13.2 Å². The highest BCUT2D eigenvalue weighted by atomic mass is 32.1. The Hall–Kier alpha value is -2.13. The van der Waals surface area contributed by atoms with E-state index < -0.39 is 18.6 Å². The highest BCUT2D eigenvalue weighted by molar-refractivity contribution is 7.20. The van der Waals surface area contributed by atoms with Gasteiger partial charge in [-0.25, -0.2) is 4.98 Å². The molecule has 0 aromatic carbocycles. The number of carbonyl (C=O) groups is 1. The Morgan fingerprint density at radius 1 is 1.24 bits per heavy atom. The van der Waals surface area contributed by atoms with Gasteiger partial charge in [0.25, 0.3) is 0 Å². The number of furan rings is 1. The van der Waals surface area contributed by atoms with Crippen molar-refractivity contribution < 1.29 is 22.4 Å². The minimum absolute atomic E-state index is 0.182. The molecule has 0 saturated heterocycles. The number of nitrogens with zero attached hydrogens (tertiary/aromatic N) is 2. The van der Waals surface area contributed by atoms with Gasteiger partial charge in [0.05, 0.1) is 29.8 Å². The summed E-state index contributed by atoms with van der Waals surface area (Å²) in [6, 6.07) is 6.90. The standard InChI is InChI=1S/C16H13F3N2O2S2/c17-16(18,19)10-21(8-12-3-1-5-23-12)14(22)7-11-9-25-15(20-11)13-4-2-6-24-13/h1-6,9H,7-8,10H2. The van der Waals surface area contributed by atoms with Gasteiger partial charge in [-0.15, -0.1) is 22.7 Å². The normalized spacial score (nSPS) is 11.6. The van der Waals surface area contributed by atoms with E-state index in [-0.39, 0.29) is 13.0 Å². The topological polar surface area (TPSA) is 46.3 Å². The number of halogens is 3. The Kier molecular flexibility index (Phi) is 5.24. The van der Waals surface area contributed by atoms with E-state index >= 15 is 0 Å². The maximum Gasteiger partial charge on any atom is 0.406 e. The van der Waals surface area contributed by atoms with Crippen molar-refractivity contribution in [3.63, 3.8) is 0 Å². The summed E-state index contributed by atoms with van der Waals surface area (Å²) < 4.78 is 43.4. The third kappa shape index (κ3) is 4.93. The van der Waals surface area contributed by atoms with Crippen LogP contribution in [0.15, 0.2) is 45.7 Å². The molecule has 0 aliphatic heterocycles. The van der Waals surface area contributed by atoms with Crippen LogP contribution in [-0.2, 0) is 17.8 Å². The van der Waals surface area contributed by atoms with E-state index in [0.29, 0.717) is 11.5 Å². The summed E-state index contributed by atoms with van der Waals surface area (Å²) in [6.07, 6.45) is -3.30. The molecule has 0 fully saturated rings. The number of amides is 1. The van der Waals surface area contributed by atoms with Crippen LogP contribution in [0.5, 0.6) is 0 Å². The average Bonchev–Trinajstić information content (AvgIpc) is 3.27. The van der Waals surface area contributed by atoms with Gasteiger partial charge >= 0.3 is 6.18 Å². The summed E-state index contributed by atoms with van der Waals surface area (Å²) in [5.74, 6) is -0.341. The first-order valence-electron chi connectivity index (χ1n) is 7.26. The maximum atomic E-state index is 12.8. The molecule has 0 N–H and O–H groups in total. The maximum absolute atomic E-state index is 12.8. The van der Waals surface area contributed by atoms with Gasteiger partial charge in [-0.05, 0) is 23.6 Å². The first-order valence-corrected chi connectivity index (χ1v) is 9.02. The SMILES string of the molecule is O=C(Cc1csc(-c2cccs2)n1)N(Cc1ccco1)CC(F)(F)F. The Morgan fingerprint density at radius 3 is 2.72 bits per heavy atom. The zero-order valence-corrected chi connectivity index (χ0v) is 14.5. The van der Waals surface area contributed by atoms with E-state index in [2.05, 4.69) is 4.98 Å². The quantitative estimate of drug-likeness (QED) is 0.622. The van der Waals surface area contributed by atoms with Crippen molar-refractivity contribution in [2.45, 2.75) is 19.1 Å². The van der Waals surface area contributed by atoms with Crippen molar-refractivity contribution in [2.75, 3.05) is 6.54 Å². The van der Waals surface area contributed by atoms with E-state index in [1.165, 1.54) is 35.0 Å². The van der Waals surface area contributed by atoms with Crippen LogP contribution in [0.4, 0.5) is 13.2 Å². The van der Waals surface area contributed by atoms with Crippen molar-refractivity contribution in [3.05, 3.63) is 52.7 Å². The minimum Gasteiger partial charge on any atom is -0.467 e. The summed E-state index contributed by atoms with van der Waals surface area (Å²) in [7, 11) is 0. The zero-order chi connectivity index (χ0) is 17.9. The Labute approximate surface area is 149 Å². The van der Waals surface area contributed by atoms with Crippen LogP contribution in [0.2, 0.25) is 0 Å². The molecule has 9 heteroatoms. The van der Waals surface area contributed by atoms with Crippen LogP contribution < -0.4 is 0 Å². The van der Waals surface area contributed by atoms with Crippen molar-refractivity contribution in [1.82, 2.24) is 9.88 Å². The predicted octanol–water partition coefficient (Wildman–Crippen LogP) is 4.60. The van der Waals surface area contributed by atoms with Crippen LogP contribution >= 0.6 is 22.7 Å². The molecule has 0 spiro atoms. The van der Waals surface area contributed by atoms with E-state index in [1.807, 2.05) is 17.5 Å². The monoisotopic (exact) mass is 386 g/mol. The third-order valence-electron chi connectivity index (χ3n) is 3.27. The van der Waals surface area contributed by atoms with Gasteiger partial charge in [0.15, 0.2) is 0 Å². The number of rotatable bonds is 6. The fraction of sp³-hybridized carbons (Fsp3) is 0.250. The number of carbonyl (C=O) groups excluding carboxylic acids is 1. The molecule has 0 aliphatic rings. The van der Waals surface area contributed by atoms with Crippen LogP contribution in [0, 0.1) is 0 Å². The number of aromatic nitrogens is 1. The minimum atomic E-state index is -4.48. The molecule has 4 nitrogen and oxygen atoms in total. The third-order valence-corrected chi connectivity index (χ3v) is 5.20. The lowest BCUT2D eigenvalue weighted by atomic mass is 10.2. The largest absolute Gasteiger partial charge is 0.467 e. The average molecular weight is 386 g/mol. The molecule has 132 valence electrons. The second-order valence-electron chi connectivity index (χ2n) is 5.24. The summed E-state index contributed by atoms with van der Waals surface area (Å²) in [5, 5.41) is 4.37. The Morgan fingerprint density at radius 2 is 2.08 bits per heavy atom. The van der Waals surface area contributed by atoms with Crippen molar-refractivity contribution in [1.29, 1.82) is 0 Å². The molecule has 3 aromatic rings. The molecule has 3 rings (SSSR count). The molecule has 1 amide bonds. The molecular weight excluding hydrogens is 373 g/mol. The van der Waals surface area contributed by atoms with Gasteiger partial charge in [0.2, 0.25) is 5.91 Å². The van der Waals surface area contributed by atoms with E-state index in [1.54, 1.807) is 11.4 Å². The van der Waals surface area contributed by atoms with E-state index in [4.69, 9.17) is 4.42 Å². The van der Waals surface area contributed by atoms with Gasteiger partial charge in [-0.3, -0.25) is 4.79 Å². The number of hydrogen-bond donors (Lipinski definition) is 0. The Balaban J connectivity index is 1.71. The predicted molar refractivity (Wildman–Crippen MR) is 89.3 cm³/mol. The highest BCUT2D eigenvalue weighted by Crippen LogP contribution is 2.28. The first kappa shape index (κ1) is 17.7. The summed E-state index contributed by atoms with van der Waals surface area (Å²) in [6.45, 7) is -1.55. The van der Waals surface area contributed by atoms with Crippen LogP contribution in [0.1, 0.15) is 11.5 Å². The van der Waals surface area contributed by atoms with Gasteiger partial charge in [0.1, 0.15) is 17.3 Å². The highest BCUT2D eigenvalue weighted by Gasteiger charge is 2.33. The second kappa shape index (κ2) is 7.40. The molecule has 0 atom stereocenters. The van der Waals surface area contributed by atoms with Crippen LogP contribution in [-0.4, -0.2) is 28.5 Å². The molecule has 0 unspecified atom stereocenters. The fourth-order valence-electron chi connectivity index (χ4n) is 2.21.